The average Bonchev–Trinajstić information content (AvgIpc) is 3.24. The highest BCUT2D eigenvalue weighted by molar-refractivity contribution is 6.04. The molecule has 5 nitrogen and oxygen atoms in total. The van der Waals surface area contributed by atoms with E-state index in [1.165, 1.54) is 6.07 Å². The molecule has 0 saturated carbocycles. The summed E-state index contributed by atoms with van der Waals surface area (Å²) in [4.78, 5) is 25.2. The van der Waals surface area contributed by atoms with Crippen LogP contribution in [0.5, 0.6) is 11.5 Å². The Hall–Kier alpha value is -2.89. The van der Waals surface area contributed by atoms with Gasteiger partial charge in [-0.05, 0) is 41.8 Å². The summed E-state index contributed by atoms with van der Waals surface area (Å²) in [7, 11) is 0. The van der Waals surface area contributed by atoms with E-state index in [1.54, 1.807) is 25.1 Å². The molecule has 26 heavy (non-hydrogen) atoms. The predicted molar refractivity (Wildman–Crippen MR) is 91.7 cm³/mol. The van der Waals surface area contributed by atoms with Gasteiger partial charge in [0.05, 0.1) is 0 Å². The van der Waals surface area contributed by atoms with Crippen LogP contribution in [0.25, 0.3) is 0 Å². The van der Waals surface area contributed by atoms with E-state index in [2.05, 4.69) is 5.32 Å². The molecule has 1 amide bonds. The molecule has 2 aliphatic rings. The number of nitrogens with one attached hydrogen (secondary N) is 1. The van der Waals surface area contributed by atoms with Gasteiger partial charge in [0.2, 0.25) is 12.7 Å². The largest absolute Gasteiger partial charge is 0.454 e. The Kier molecular flexibility index (Phi) is 4.11. The van der Waals surface area contributed by atoms with Crippen molar-refractivity contribution in [1.29, 1.82) is 0 Å². The van der Waals surface area contributed by atoms with Crippen molar-refractivity contribution in [3.63, 3.8) is 0 Å². The van der Waals surface area contributed by atoms with E-state index < -0.39 is 5.92 Å². The molecule has 0 spiro atoms. The van der Waals surface area contributed by atoms with Crippen LogP contribution in [0.15, 0.2) is 36.4 Å². The van der Waals surface area contributed by atoms with Gasteiger partial charge in [0.25, 0.3) is 0 Å². The fraction of sp³-hybridized carbons (Fsp3) is 0.300. The van der Waals surface area contributed by atoms with Crippen molar-refractivity contribution in [2.45, 2.75) is 19.3 Å². The Bertz CT molecular complexity index is 895. The number of hydrogen-bond acceptors (Lipinski definition) is 4. The summed E-state index contributed by atoms with van der Waals surface area (Å²) in [6.07, 6.45) is 0.0305. The lowest BCUT2D eigenvalue weighted by molar-refractivity contribution is -0.131. The monoisotopic (exact) mass is 355 g/mol. The fourth-order valence-corrected chi connectivity index (χ4v) is 3.59. The summed E-state index contributed by atoms with van der Waals surface area (Å²) in [5, 5.41) is 2.77. The second kappa shape index (κ2) is 6.44. The van der Waals surface area contributed by atoms with Gasteiger partial charge in [-0.25, -0.2) is 4.39 Å². The van der Waals surface area contributed by atoms with Crippen LogP contribution >= 0.6 is 0 Å². The first-order valence-electron chi connectivity index (χ1n) is 8.48. The van der Waals surface area contributed by atoms with E-state index in [1.807, 2.05) is 12.1 Å². The number of benzene rings is 2. The smallest absolute Gasteiger partial charge is 0.231 e. The van der Waals surface area contributed by atoms with Gasteiger partial charge < -0.3 is 14.8 Å². The Morgan fingerprint density at radius 3 is 2.88 bits per heavy atom. The first-order valence-corrected chi connectivity index (χ1v) is 8.48. The Morgan fingerprint density at radius 1 is 1.23 bits per heavy atom. The van der Waals surface area contributed by atoms with Gasteiger partial charge in [-0.1, -0.05) is 18.2 Å². The van der Waals surface area contributed by atoms with E-state index in [0.29, 0.717) is 29.2 Å². The topological polar surface area (TPSA) is 64.6 Å². The number of ketones is 1. The van der Waals surface area contributed by atoms with Crippen molar-refractivity contribution < 1.29 is 23.5 Å². The maximum absolute atomic E-state index is 13.7. The first kappa shape index (κ1) is 16.6. The molecule has 2 aromatic carbocycles. The van der Waals surface area contributed by atoms with E-state index >= 15 is 0 Å². The number of Topliss-reactive ketones (excluding diaryl/α,β-unsaturated/α-hetero) is 1. The van der Waals surface area contributed by atoms with Crippen molar-refractivity contribution in [2.24, 2.45) is 5.92 Å². The molecule has 0 unspecified atom stereocenters. The predicted octanol–water partition coefficient (Wildman–Crippen LogP) is 2.50. The SMILES string of the molecule is Cc1c(F)cccc1CC(=O)[C@H]1C(=O)NC[C@@H]1c1ccc2c(c1)OCO2. The van der Waals surface area contributed by atoms with Gasteiger partial charge in [-0.3, -0.25) is 9.59 Å². The van der Waals surface area contributed by atoms with E-state index in [4.69, 9.17) is 9.47 Å². The van der Waals surface area contributed by atoms with Crippen molar-refractivity contribution >= 4 is 11.7 Å². The molecule has 134 valence electrons. The van der Waals surface area contributed by atoms with E-state index in [0.717, 1.165) is 5.56 Å². The zero-order valence-electron chi connectivity index (χ0n) is 14.3. The van der Waals surface area contributed by atoms with Crippen LogP contribution in [0.2, 0.25) is 0 Å². The number of ether oxygens (including phenoxy) is 2. The maximum Gasteiger partial charge on any atom is 0.231 e. The summed E-state index contributed by atoms with van der Waals surface area (Å²) in [6.45, 7) is 2.20. The lowest BCUT2D eigenvalue weighted by Crippen LogP contribution is -2.28. The van der Waals surface area contributed by atoms with Crippen molar-refractivity contribution in [3.8, 4) is 11.5 Å². The maximum atomic E-state index is 13.7. The molecule has 1 N–H and O–H groups in total. The normalized spacial score (nSPS) is 20.9. The van der Waals surface area contributed by atoms with Crippen LogP contribution in [-0.2, 0) is 16.0 Å². The molecule has 2 aromatic rings. The Labute approximate surface area is 150 Å². The summed E-state index contributed by atoms with van der Waals surface area (Å²) in [6, 6.07) is 10.1. The number of carbonyl (C=O) groups excluding carboxylic acids is 2. The third kappa shape index (κ3) is 2.81. The minimum Gasteiger partial charge on any atom is -0.454 e. The average molecular weight is 355 g/mol. The molecule has 1 fully saturated rings. The first-order chi connectivity index (χ1) is 12.5. The van der Waals surface area contributed by atoms with Gasteiger partial charge in [0.1, 0.15) is 17.5 Å². The number of halogens is 1. The molecule has 0 aliphatic carbocycles. The molecule has 1 saturated heterocycles. The lowest BCUT2D eigenvalue weighted by Gasteiger charge is -2.17. The molecule has 0 aromatic heterocycles. The highest BCUT2D eigenvalue weighted by atomic mass is 19.1. The Morgan fingerprint density at radius 2 is 2.04 bits per heavy atom. The number of fused-ring (bicyclic) bond motifs is 1. The fourth-order valence-electron chi connectivity index (χ4n) is 3.59. The summed E-state index contributed by atoms with van der Waals surface area (Å²) in [5.74, 6) is -0.642. The molecule has 2 aliphatic heterocycles. The van der Waals surface area contributed by atoms with Gasteiger partial charge in [0, 0.05) is 18.9 Å². The molecule has 2 atom stereocenters. The summed E-state index contributed by atoms with van der Waals surface area (Å²) in [5.41, 5.74) is 1.90. The number of rotatable bonds is 4. The summed E-state index contributed by atoms with van der Waals surface area (Å²) >= 11 is 0. The zero-order valence-corrected chi connectivity index (χ0v) is 14.3. The van der Waals surface area contributed by atoms with Crippen LogP contribution in [0.3, 0.4) is 0 Å². The minimum atomic E-state index is -0.793. The highest BCUT2D eigenvalue weighted by Crippen LogP contribution is 2.38. The highest BCUT2D eigenvalue weighted by Gasteiger charge is 2.41. The van der Waals surface area contributed by atoms with E-state index in [9.17, 15) is 14.0 Å². The van der Waals surface area contributed by atoms with Gasteiger partial charge in [0.15, 0.2) is 11.5 Å². The van der Waals surface area contributed by atoms with Crippen LogP contribution in [0, 0.1) is 18.7 Å². The van der Waals surface area contributed by atoms with Crippen LogP contribution in [-0.4, -0.2) is 25.0 Å². The molecule has 0 radical (unpaired) electrons. The quantitative estimate of drug-likeness (QED) is 0.856. The third-order valence-electron chi connectivity index (χ3n) is 5.10. The zero-order chi connectivity index (χ0) is 18.3. The van der Waals surface area contributed by atoms with E-state index in [-0.39, 0.29) is 36.6 Å². The van der Waals surface area contributed by atoms with Gasteiger partial charge >= 0.3 is 0 Å². The Balaban J connectivity index is 1.60. The second-order valence-electron chi connectivity index (χ2n) is 6.61. The van der Waals surface area contributed by atoms with Crippen LogP contribution in [0.1, 0.15) is 22.6 Å². The van der Waals surface area contributed by atoms with Gasteiger partial charge in [-0.2, -0.15) is 0 Å². The molecular formula is C20H18FNO4. The molecule has 0 bridgehead atoms. The van der Waals surface area contributed by atoms with Crippen LogP contribution in [0.4, 0.5) is 4.39 Å². The molecule has 2 heterocycles. The van der Waals surface area contributed by atoms with Crippen LogP contribution < -0.4 is 14.8 Å². The number of amides is 1. The lowest BCUT2D eigenvalue weighted by atomic mass is 9.83. The molecule has 4 rings (SSSR count). The minimum absolute atomic E-state index is 0.0305. The van der Waals surface area contributed by atoms with Crippen molar-refractivity contribution in [2.75, 3.05) is 13.3 Å². The molecule has 6 heteroatoms. The summed E-state index contributed by atoms with van der Waals surface area (Å²) < 4.78 is 24.4. The number of carbonyl (C=O) groups is 2. The van der Waals surface area contributed by atoms with Gasteiger partial charge in [-0.15, -0.1) is 0 Å². The molecular weight excluding hydrogens is 337 g/mol. The second-order valence-corrected chi connectivity index (χ2v) is 6.61. The standard InChI is InChI=1S/C20H18FNO4/c1-11-12(3-2-4-15(11)21)7-16(23)19-14(9-22-20(19)24)13-5-6-17-18(8-13)26-10-25-17/h2-6,8,14,19H,7,9-10H2,1H3,(H,22,24)/t14-,19+/m1/s1. The third-order valence-corrected chi connectivity index (χ3v) is 5.10. The van der Waals surface area contributed by atoms with Crippen molar-refractivity contribution in [1.82, 2.24) is 5.32 Å². The number of hydrogen-bond donors (Lipinski definition) is 1. The van der Waals surface area contributed by atoms with Crippen molar-refractivity contribution in [3.05, 3.63) is 58.9 Å².